The van der Waals surface area contributed by atoms with Gasteiger partial charge in [0.2, 0.25) is 0 Å². The number of para-hydroxylation sites is 2. The Morgan fingerprint density at radius 3 is 2.48 bits per heavy atom. The molecule has 1 aromatic heterocycles. The predicted molar refractivity (Wildman–Crippen MR) is 84.1 cm³/mol. The van der Waals surface area contributed by atoms with Crippen molar-refractivity contribution >= 4 is 16.7 Å². The minimum absolute atomic E-state index is 0.180. The molecule has 2 aromatic carbocycles. The molecule has 4 heteroatoms. The molecule has 21 heavy (non-hydrogen) atoms. The average Bonchev–Trinajstić information content (AvgIpc) is 2.54. The number of rotatable bonds is 5. The first-order valence-electron chi connectivity index (χ1n) is 6.99. The summed E-state index contributed by atoms with van der Waals surface area (Å²) in [7, 11) is 0. The predicted octanol–water partition coefficient (Wildman–Crippen LogP) is 2.78. The summed E-state index contributed by atoms with van der Waals surface area (Å²) in [5.41, 5.74) is 4.90. The summed E-state index contributed by atoms with van der Waals surface area (Å²) >= 11 is 0. The molecule has 0 saturated heterocycles. The van der Waals surface area contributed by atoms with Crippen LogP contribution in [0.3, 0.4) is 0 Å². The number of aliphatic hydroxyl groups is 1. The Morgan fingerprint density at radius 1 is 0.952 bits per heavy atom. The lowest BCUT2D eigenvalue weighted by Crippen LogP contribution is -2.02. The Balaban J connectivity index is 1.68. The molecule has 0 atom stereocenters. The lowest BCUT2D eigenvalue weighted by Gasteiger charge is -2.07. The largest absolute Gasteiger partial charge is 0.396 e. The van der Waals surface area contributed by atoms with Crippen LogP contribution in [0, 0.1) is 0 Å². The monoisotopic (exact) mass is 279 g/mol. The van der Waals surface area contributed by atoms with Crippen LogP contribution in [0.4, 0.5) is 5.69 Å². The average molecular weight is 279 g/mol. The van der Waals surface area contributed by atoms with Gasteiger partial charge in [-0.1, -0.05) is 24.3 Å². The fourth-order valence-electron chi connectivity index (χ4n) is 2.19. The smallest absolute Gasteiger partial charge is 0.0890 e. The number of benzene rings is 2. The molecule has 3 aromatic rings. The molecule has 0 spiro atoms. The van der Waals surface area contributed by atoms with Crippen molar-refractivity contribution in [2.75, 3.05) is 11.9 Å². The maximum atomic E-state index is 8.90. The lowest BCUT2D eigenvalue weighted by atomic mass is 10.1. The molecule has 0 fully saturated rings. The number of nitrogens with zero attached hydrogens (tertiary/aromatic N) is 2. The Labute approximate surface area is 123 Å². The number of fused-ring (bicyclic) bond motifs is 1. The summed E-state index contributed by atoms with van der Waals surface area (Å²) in [5.74, 6) is 0. The van der Waals surface area contributed by atoms with Gasteiger partial charge in [0.05, 0.1) is 29.5 Å². The minimum Gasteiger partial charge on any atom is -0.396 e. The van der Waals surface area contributed by atoms with Gasteiger partial charge in [-0.05, 0) is 36.2 Å². The molecule has 0 unspecified atom stereocenters. The van der Waals surface area contributed by atoms with Crippen molar-refractivity contribution in [2.24, 2.45) is 0 Å². The highest BCUT2D eigenvalue weighted by Gasteiger charge is 2.00. The van der Waals surface area contributed by atoms with Crippen LogP contribution in [-0.4, -0.2) is 21.7 Å². The third-order valence-corrected chi connectivity index (χ3v) is 3.33. The molecule has 106 valence electrons. The van der Waals surface area contributed by atoms with Crippen molar-refractivity contribution in [3.63, 3.8) is 0 Å². The second-order valence-electron chi connectivity index (χ2n) is 4.87. The molecule has 0 saturated carbocycles. The van der Waals surface area contributed by atoms with Gasteiger partial charge in [0.15, 0.2) is 0 Å². The van der Waals surface area contributed by atoms with E-state index in [4.69, 9.17) is 5.11 Å². The topological polar surface area (TPSA) is 58.0 Å². The molecule has 3 rings (SSSR count). The van der Waals surface area contributed by atoms with E-state index in [0.29, 0.717) is 13.0 Å². The van der Waals surface area contributed by atoms with E-state index in [0.717, 1.165) is 28.0 Å². The second kappa shape index (κ2) is 6.33. The van der Waals surface area contributed by atoms with E-state index >= 15 is 0 Å². The van der Waals surface area contributed by atoms with Gasteiger partial charge in [-0.3, -0.25) is 4.98 Å². The van der Waals surface area contributed by atoms with Crippen molar-refractivity contribution in [2.45, 2.75) is 13.0 Å². The van der Waals surface area contributed by atoms with Gasteiger partial charge in [0.1, 0.15) is 0 Å². The Hall–Kier alpha value is -2.46. The number of hydrogen-bond acceptors (Lipinski definition) is 4. The molecule has 0 radical (unpaired) electrons. The summed E-state index contributed by atoms with van der Waals surface area (Å²) in [6.45, 7) is 0.816. The fourth-order valence-corrected chi connectivity index (χ4v) is 2.19. The van der Waals surface area contributed by atoms with Crippen molar-refractivity contribution in [3.05, 3.63) is 66.0 Å². The van der Waals surface area contributed by atoms with Crippen molar-refractivity contribution in [3.8, 4) is 0 Å². The summed E-state index contributed by atoms with van der Waals surface area (Å²) in [6, 6.07) is 15.9. The van der Waals surface area contributed by atoms with Crippen LogP contribution in [0.5, 0.6) is 0 Å². The fraction of sp³-hybridized carbons (Fsp3) is 0.176. The standard InChI is InChI=1S/C17H17N3O/c21-10-9-13-5-7-14(8-6-13)18-11-15-12-19-16-3-1-2-4-17(16)20-15/h1-8,12,18,21H,9-11H2. The Morgan fingerprint density at radius 2 is 1.71 bits per heavy atom. The first kappa shape index (κ1) is 13.5. The molecular formula is C17H17N3O. The first-order chi connectivity index (χ1) is 10.3. The minimum atomic E-state index is 0.180. The van der Waals surface area contributed by atoms with E-state index < -0.39 is 0 Å². The van der Waals surface area contributed by atoms with Gasteiger partial charge in [-0.15, -0.1) is 0 Å². The summed E-state index contributed by atoms with van der Waals surface area (Å²) in [6.07, 6.45) is 2.49. The highest BCUT2D eigenvalue weighted by atomic mass is 16.2. The zero-order valence-corrected chi connectivity index (χ0v) is 11.7. The highest BCUT2D eigenvalue weighted by Crippen LogP contribution is 2.12. The number of nitrogens with one attached hydrogen (secondary N) is 1. The molecule has 0 amide bonds. The highest BCUT2D eigenvalue weighted by molar-refractivity contribution is 5.73. The maximum absolute atomic E-state index is 8.90. The van der Waals surface area contributed by atoms with Gasteiger partial charge in [0.25, 0.3) is 0 Å². The van der Waals surface area contributed by atoms with E-state index in [-0.39, 0.29) is 6.61 Å². The van der Waals surface area contributed by atoms with E-state index in [2.05, 4.69) is 15.3 Å². The number of aliphatic hydroxyl groups excluding tert-OH is 1. The number of aromatic nitrogens is 2. The van der Waals surface area contributed by atoms with Gasteiger partial charge >= 0.3 is 0 Å². The molecular weight excluding hydrogens is 262 g/mol. The molecule has 0 aliphatic carbocycles. The van der Waals surface area contributed by atoms with Gasteiger partial charge in [-0.25, -0.2) is 4.98 Å². The third kappa shape index (κ3) is 3.35. The molecule has 1 heterocycles. The van der Waals surface area contributed by atoms with Gasteiger partial charge in [-0.2, -0.15) is 0 Å². The molecule has 4 nitrogen and oxygen atoms in total. The Bertz CT molecular complexity index is 725. The zero-order valence-electron chi connectivity index (χ0n) is 11.7. The number of anilines is 1. The van der Waals surface area contributed by atoms with Gasteiger partial charge in [0, 0.05) is 12.3 Å². The van der Waals surface area contributed by atoms with Crippen LogP contribution in [0.2, 0.25) is 0 Å². The summed E-state index contributed by atoms with van der Waals surface area (Å²) in [4.78, 5) is 8.98. The summed E-state index contributed by atoms with van der Waals surface area (Å²) < 4.78 is 0. The Kier molecular flexibility index (Phi) is 4.07. The van der Waals surface area contributed by atoms with E-state index in [9.17, 15) is 0 Å². The van der Waals surface area contributed by atoms with Crippen LogP contribution < -0.4 is 5.32 Å². The van der Waals surface area contributed by atoms with Crippen LogP contribution in [0.15, 0.2) is 54.7 Å². The zero-order chi connectivity index (χ0) is 14.5. The van der Waals surface area contributed by atoms with E-state index in [1.807, 2.05) is 48.5 Å². The third-order valence-electron chi connectivity index (χ3n) is 3.33. The van der Waals surface area contributed by atoms with Crippen LogP contribution in [-0.2, 0) is 13.0 Å². The first-order valence-corrected chi connectivity index (χ1v) is 6.99. The van der Waals surface area contributed by atoms with Gasteiger partial charge < -0.3 is 10.4 Å². The van der Waals surface area contributed by atoms with E-state index in [1.54, 1.807) is 6.20 Å². The second-order valence-corrected chi connectivity index (χ2v) is 4.87. The summed E-state index contributed by atoms with van der Waals surface area (Å²) in [5, 5.41) is 12.2. The quantitative estimate of drug-likeness (QED) is 0.754. The SMILES string of the molecule is OCCc1ccc(NCc2cnc3ccccc3n2)cc1. The van der Waals surface area contributed by atoms with Crippen molar-refractivity contribution in [1.29, 1.82) is 0 Å². The number of hydrogen-bond donors (Lipinski definition) is 2. The van der Waals surface area contributed by atoms with Crippen LogP contribution >= 0.6 is 0 Å². The maximum Gasteiger partial charge on any atom is 0.0890 e. The van der Waals surface area contributed by atoms with Crippen molar-refractivity contribution < 1.29 is 5.11 Å². The molecule has 2 N–H and O–H groups in total. The molecule has 0 bridgehead atoms. The normalized spacial score (nSPS) is 10.7. The van der Waals surface area contributed by atoms with Crippen LogP contribution in [0.1, 0.15) is 11.3 Å². The lowest BCUT2D eigenvalue weighted by molar-refractivity contribution is 0.299. The molecule has 0 aliphatic heterocycles. The van der Waals surface area contributed by atoms with Crippen molar-refractivity contribution in [1.82, 2.24) is 9.97 Å². The van der Waals surface area contributed by atoms with E-state index in [1.165, 1.54) is 0 Å². The molecule has 0 aliphatic rings. The van der Waals surface area contributed by atoms with Crippen LogP contribution in [0.25, 0.3) is 11.0 Å².